The average Bonchev–Trinajstić information content (AvgIpc) is 3.41. The maximum atomic E-state index is 13.8. The zero-order valence-electron chi connectivity index (χ0n) is 18.0. The summed E-state index contributed by atoms with van der Waals surface area (Å²) in [6, 6.07) is 9.68. The van der Waals surface area contributed by atoms with Crippen LogP contribution in [0.2, 0.25) is 10.0 Å². The van der Waals surface area contributed by atoms with Gasteiger partial charge >= 0.3 is 0 Å². The number of hydrogen-bond donors (Lipinski definition) is 0. The maximum absolute atomic E-state index is 13.8. The van der Waals surface area contributed by atoms with Crippen LogP contribution in [0.4, 0.5) is 0 Å². The number of aryl methyl sites for hydroxylation is 3. The molecule has 3 aliphatic rings. The molecular weight excluding hydrogens is 431 g/mol. The van der Waals surface area contributed by atoms with Crippen LogP contribution < -0.4 is 0 Å². The summed E-state index contributed by atoms with van der Waals surface area (Å²) in [5.74, 6) is -1.34. The highest BCUT2D eigenvalue weighted by atomic mass is 35.5. The Morgan fingerprint density at radius 1 is 0.968 bits per heavy atom. The van der Waals surface area contributed by atoms with Crippen molar-refractivity contribution in [3.05, 3.63) is 68.2 Å². The highest BCUT2D eigenvalue weighted by Crippen LogP contribution is 2.58. The number of benzene rings is 2. The van der Waals surface area contributed by atoms with Crippen LogP contribution >= 0.6 is 23.2 Å². The molecule has 1 aliphatic carbocycles. The molecule has 2 aliphatic heterocycles. The Hall–Kier alpha value is -1.68. The third kappa shape index (κ3) is 3.12. The maximum Gasteiger partial charge on any atom is 0.154 e. The number of hydrogen-bond acceptors (Lipinski definition) is 3. The molecule has 2 heterocycles. The smallest absolute Gasteiger partial charge is 0.154 e. The van der Waals surface area contributed by atoms with E-state index in [0.29, 0.717) is 16.5 Å². The lowest BCUT2D eigenvalue weighted by Gasteiger charge is -2.27. The van der Waals surface area contributed by atoms with Crippen LogP contribution in [0.15, 0.2) is 30.3 Å². The van der Waals surface area contributed by atoms with Crippen LogP contribution in [0.1, 0.15) is 59.9 Å². The summed E-state index contributed by atoms with van der Waals surface area (Å²) in [5.41, 5.74) is 5.28. The van der Waals surface area contributed by atoms with Crippen LogP contribution in [0.3, 0.4) is 0 Å². The fourth-order valence-corrected chi connectivity index (χ4v) is 6.70. The standard InChI is InChI=1S/C26H26Cl2O3/c1-4-13-8-12(3)9-14(5-2)20(13)22-24(29)21-19-11-17(26(31-19)23(21)25(22)30)16-10-15(27)6-7-18(16)28/h6-10,17,19,21-23,26H,4-5,11H2,1-3H3/t17-,19-,21-,22?,23+,26+/m0/s1. The number of ether oxygens (including phenoxy) is 1. The van der Waals surface area contributed by atoms with E-state index >= 15 is 0 Å². The molecule has 2 aromatic carbocycles. The highest BCUT2D eigenvalue weighted by Gasteiger charge is 2.66. The van der Waals surface area contributed by atoms with E-state index in [1.54, 1.807) is 12.1 Å². The van der Waals surface area contributed by atoms with Gasteiger partial charge in [0.1, 0.15) is 5.92 Å². The summed E-state index contributed by atoms with van der Waals surface area (Å²) in [7, 11) is 0. The van der Waals surface area contributed by atoms with E-state index < -0.39 is 11.8 Å². The SMILES string of the molecule is CCc1cc(C)cc(CC)c1C1C(=O)[C@@H]2[C@@H]3O[C@@H](C[C@H]3c3cc(Cl)ccc3Cl)[C@@H]2C1=O. The molecule has 0 N–H and O–H groups in total. The Morgan fingerprint density at radius 3 is 2.26 bits per heavy atom. The molecule has 3 fully saturated rings. The Bertz CT molecular complexity index is 1070. The molecule has 1 saturated carbocycles. The average molecular weight is 457 g/mol. The molecule has 5 rings (SSSR count). The molecule has 5 heteroatoms. The largest absolute Gasteiger partial charge is 0.373 e. The molecule has 1 unspecified atom stereocenters. The number of Topliss-reactive ketones (excluding diaryl/α,β-unsaturated/α-hetero) is 2. The molecule has 0 spiro atoms. The minimum Gasteiger partial charge on any atom is -0.373 e. The predicted octanol–water partition coefficient (Wildman–Crippen LogP) is 5.85. The van der Waals surface area contributed by atoms with Gasteiger partial charge in [-0.1, -0.05) is 54.7 Å². The van der Waals surface area contributed by atoms with Gasteiger partial charge in [0.25, 0.3) is 0 Å². The van der Waals surface area contributed by atoms with Gasteiger partial charge in [-0.3, -0.25) is 9.59 Å². The van der Waals surface area contributed by atoms with Gasteiger partial charge in [-0.05, 0) is 66.6 Å². The predicted molar refractivity (Wildman–Crippen MR) is 122 cm³/mol. The van der Waals surface area contributed by atoms with Gasteiger partial charge in [0.2, 0.25) is 0 Å². The first-order valence-corrected chi connectivity index (χ1v) is 11.9. The molecule has 2 aromatic rings. The van der Waals surface area contributed by atoms with Crippen LogP contribution in [0.5, 0.6) is 0 Å². The molecular formula is C26H26Cl2O3. The van der Waals surface area contributed by atoms with E-state index in [1.807, 2.05) is 6.07 Å². The fourth-order valence-electron chi connectivity index (χ4n) is 6.26. The first kappa shape index (κ1) is 21.2. The minimum absolute atomic E-state index is 0.0118. The first-order chi connectivity index (χ1) is 14.8. The molecule has 3 nitrogen and oxygen atoms in total. The summed E-state index contributed by atoms with van der Waals surface area (Å²) >= 11 is 12.7. The highest BCUT2D eigenvalue weighted by molar-refractivity contribution is 6.33. The van der Waals surface area contributed by atoms with Gasteiger partial charge in [-0.15, -0.1) is 0 Å². The lowest BCUT2D eigenvalue weighted by Crippen LogP contribution is -2.34. The lowest BCUT2D eigenvalue weighted by molar-refractivity contribution is -0.127. The summed E-state index contributed by atoms with van der Waals surface area (Å²) in [6.07, 6.45) is 1.78. The zero-order valence-corrected chi connectivity index (χ0v) is 19.5. The molecule has 0 amide bonds. The minimum atomic E-state index is -0.664. The van der Waals surface area contributed by atoms with Crippen LogP contribution in [-0.2, 0) is 27.2 Å². The number of carbonyl (C=O) groups is 2. The van der Waals surface area contributed by atoms with Crippen molar-refractivity contribution in [1.82, 2.24) is 0 Å². The molecule has 0 radical (unpaired) electrons. The van der Waals surface area contributed by atoms with Gasteiger partial charge < -0.3 is 4.74 Å². The van der Waals surface area contributed by atoms with Crippen molar-refractivity contribution in [2.24, 2.45) is 11.8 Å². The van der Waals surface area contributed by atoms with E-state index in [4.69, 9.17) is 27.9 Å². The molecule has 2 saturated heterocycles. The molecule has 0 aromatic heterocycles. The van der Waals surface area contributed by atoms with Crippen molar-refractivity contribution in [3.8, 4) is 0 Å². The third-order valence-electron chi connectivity index (χ3n) is 7.49. The van der Waals surface area contributed by atoms with Crippen LogP contribution in [0.25, 0.3) is 0 Å². The molecule has 162 valence electrons. The zero-order chi connectivity index (χ0) is 22.0. The summed E-state index contributed by atoms with van der Waals surface area (Å²) in [5, 5.41) is 1.25. The molecule has 2 bridgehead atoms. The van der Waals surface area contributed by atoms with Crippen molar-refractivity contribution < 1.29 is 14.3 Å². The first-order valence-electron chi connectivity index (χ1n) is 11.2. The van der Waals surface area contributed by atoms with Gasteiger partial charge in [0.05, 0.1) is 24.0 Å². The number of halogens is 2. The van der Waals surface area contributed by atoms with Crippen molar-refractivity contribution in [3.63, 3.8) is 0 Å². The van der Waals surface area contributed by atoms with Gasteiger partial charge in [-0.2, -0.15) is 0 Å². The number of rotatable bonds is 4. The quantitative estimate of drug-likeness (QED) is 0.541. The Kier molecular flexibility index (Phi) is 5.28. The second-order valence-corrected chi connectivity index (χ2v) is 9.98. The van der Waals surface area contributed by atoms with E-state index in [1.165, 1.54) is 5.56 Å². The number of carbonyl (C=O) groups excluding carboxylic acids is 2. The van der Waals surface area contributed by atoms with Gasteiger partial charge in [-0.25, -0.2) is 0 Å². The van der Waals surface area contributed by atoms with Crippen LogP contribution in [-0.4, -0.2) is 23.8 Å². The number of ketones is 2. The van der Waals surface area contributed by atoms with E-state index in [9.17, 15) is 9.59 Å². The fraction of sp³-hybridized carbons (Fsp3) is 0.462. The Balaban J connectivity index is 1.55. The molecule has 6 atom stereocenters. The number of fused-ring (bicyclic) bond motifs is 5. The second kappa shape index (κ2) is 7.72. The third-order valence-corrected chi connectivity index (χ3v) is 8.07. The van der Waals surface area contributed by atoms with Gasteiger partial charge in [0, 0.05) is 16.0 Å². The summed E-state index contributed by atoms with van der Waals surface area (Å²) in [6.45, 7) is 6.25. The lowest BCUT2D eigenvalue weighted by atomic mass is 9.73. The topological polar surface area (TPSA) is 43.4 Å². The summed E-state index contributed by atoms with van der Waals surface area (Å²) in [4.78, 5) is 27.4. The monoisotopic (exact) mass is 456 g/mol. The molecule has 31 heavy (non-hydrogen) atoms. The van der Waals surface area contributed by atoms with Crippen molar-refractivity contribution in [2.75, 3.05) is 0 Å². The Morgan fingerprint density at radius 2 is 1.61 bits per heavy atom. The van der Waals surface area contributed by atoms with Crippen molar-refractivity contribution in [1.29, 1.82) is 0 Å². The van der Waals surface area contributed by atoms with Crippen LogP contribution in [0, 0.1) is 18.8 Å². The second-order valence-electron chi connectivity index (χ2n) is 9.14. The van der Waals surface area contributed by atoms with E-state index in [0.717, 1.165) is 35.1 Å². The van der Waals surface area contributed by atoms with E-state index in [-0.39, 0.29) is 35.6 Å². The van der Waals surface area contributed by atoms with Crippen molar-refractivity contribution >= 4 is 34.8 Å². The summed E-state index contributed by atoms with van der Waals surface area (Å²) < 4.78 is 6.22. The van der Waals surface area contributed by atoms with Crippen molar-refractivity contribution in [2.45, 2.75) is 64.1 Å². The van der Waals surface area contributed by atoms with E-state index in [2.05, 4.69) is 32.9 Å². The van der Waals surface area contributed by atoms with Gasteiger partial charge in [0.15, 0.2) is 11.6 Å². The normalized spacial score (nSPS) is 31.5. The Labute approximate surface area is 193 Å².